The molecule has 0 saturated carbocycles. The standard InChI is InChI=1S/C15H19NO4S/c1-9-3-5-11(21-2)7-12(9)14(17)16-8-10-4-6-13(20-10)15(18)19/h3,5,7,10,13H,4,6,8H2,1-2H3,(H,16,17)(H,18,19). The quantitative estimate of drug-likeness (QED) is 0.815. The summed E-state index contributed by atoms with van der Waals surface area (Å²) in [5.74, 6) is -1.09. The van der Waals surface area contributed by atoms with E-state index in [4.69, 9.17) is 9.84 Å². The second-order valence-corrected chi connectivity index (χ2v) is 5.93. The zero-order valence-electron chi connectivity index (χ0n) is 12.1. The number of carbonyl (C=O) groups is 2. The summed E-state index contributed by atoms with van der Waals surface area (Å²) in [6.07, 6.45) is 2.15. The number of nitrogens with one attached hydrogen (secondary N) is 1. The summed E-state index contributed by atoms with van der Waals surface area (Å²) in [6.45, 7) is 2.23. The van der Waals surface area contributed by atoms with Gasteiger partial charge in [0.15, 0.2) is 6.10 Å². The number of carboxylic acid groups (broad SMARTS) is 1. The highest BCUT2D eigenvalue weighted by atomic mass is 32.2. The Bertz CT molecular complexity index is 546. The number of hydrogen-bond acceptors (Lipinski definition) is 4. The minimum absolute atomic E-state index is 0.147. The number of aliphatic carboxylic acids is 1. The minimum atomic E-state index is -0.938. The van der Waals surface area contributed by atoms with Crippen molar-refractivity contribution in [3.05, 3.63) is 29.3 Å². The van der Waals surface area contributed by atoms with Crippen LogP contribution in [0.5, 0.6) is 0 Å². The van der Waals surface area contributed by atoms with Gasteiger partial charge in [-0.25, -0.2) is 4.79 Å². The Labute approximate surface area is 128 Å². The summed E-state index contributed by atoms with van der Waals surface area (Å²) in [5, 5.41) is 11.7. The van der Waals surface area contributed by atoms with Crippen molar-refractivity contribution in [1.82, 2.24) is 5.32 Å². The third-order valence-electron chi connectivity index (χ3n) is 3.56. The van der Waals surface area contributed by atoms with E-state index in [1.807, 2.05) is 31.4 Å². The van der Waals surface area contributed by atoms with Crippen molar-refractivity contribution < 1.29 is 19.4 Å². The lowest BCUT2D eigenvalue weighted by Crippen LogP contribution is -2.33. The fraction of sp³-hybridized carbons (Fsp3) is 0.467. The Morgan fingerprint density at radius 3 is 2.81 bits per heavy atom. The molecule has 0 bridgehead atoms. The summed E-state index contributed by atoms with van der Waals surface area (Å²) in [5.41, 5.74) is 1.57. The lowest BCUT2D eigenvalue weighted by molar-refractivity contribution is -0.149. The van der Waals surface area contributed by atoms with Crippen LogP contribution in [0.2, 0.25) is 0 Å². The van der Waals surface area contributed by atoms with E-state index in [1.165, 1.54) is 0 Å². The molecule has 0 aromatic heterocycles. The van der Waals surface area contributed by atoms with Crippen molar-refractivity contribution in [2.45, 2.75) is 36.9 Å². The van der Waals surface area contributed by atoms with E-state index in [-0.39, 0.29) is 12.0 Å². The number of benzene rings is 1. The Kier molecular flexibility index (Phi) is 5.25. The molecule has 6 heteroatoms. The van der Waals surface area contributed by atoms with Crippen LogP contribution in [0.15, 0.2) is 23.1 Å². The van der Waals surface area contributed by atoms with E-state index in [2.05, 4.69) is 5.32 Å². The molecule has 1 fully saturated rings. The van der Waals surface area contributed by atoms with Gasteiger partial charge >= 0.3 is 5.97 Å². The van der Waals surface area contributed by atoms with Crippen LogP contribution >= 0.6 is 11.8 Å². The molecular formula is C15H19NO4S. The minimum Gasteiger partial charge on any atom is -0.479 e. The van der Waals surface area contributed by atoms with Crippen molar-refractivity contribution >= 4 is 23.6 Å². The monoisotopic (exact) mass is 309 g/mol. The molecule has 1 aliphatic rings. The number of hydrogen-bond donors (Lipinski definition) is 2. The summed E-state index contributed by atoms with van der Waals surface area (Å²) >= 11 is 1.59. The highest BCUT2D eigenvalue weighted by Crippen LogP contribution is 2.21. The van der Waals surface area contributed by atoms with Crippen LogP contribution < -0.4 is 5.32 Å². The van der Waals surface area contributed by atoms with Crippen LogP contribution in [0.3, 0.4) is 0 Å². The van der Waals surface area contributed by atoms with Crippen LogP contribution in [-0.2, 0) is 9.53 Å². The van der Waals surface area contributed by atoms with Gasteiger partial charge < -0.3 is 15.2 Å². The molecule has 1 aromatic carbocycles. The van der Waals surface area contributed by atoms with Crippen LogP contribution in [0, 0.1) is 6.92 Å². The van der Waals surface area contributed by atoms with Gasteiger partial charge in [0, 0.05) is 17.0 Å². The number of thioether (sulfide) groups is 1. The van der Waals surface area contributed by atoms with E-state index in [9.17, 15) is 9.59 Å². The second-order valence-electron chi connectivity index (χ2n) is 5.05. The largest absolute Gasteiger partial charge is 0.479 e. The molecule has 2 rings (SSSR count). The molecule has 21 heavy (non-hydrogen) atoms. The van der Waals surface area contributed by atoms with Gasteiger partial charge in [0.2, 0.25) is 0 Å². The summed E-state index contributed by atoms with van der Waals surface area (Å²) in [7, 11) is 0. The fourth-order valence-electron chi connectivity index (χ4n) is 2.31. The molecule has 1 aromatic rings. The van der Waals surface area contributed by atoms with Gasteiger partial charge in [0.1, 0.15) is 0 Å². The third kappa shape index (κ3) is 3.98. The molecule has 0 spiro atoms. The molecule has 2 unspecified atom stereocenters. The molecule has 0 aliphatic carbocycles. The van der Waals surface area contributed by atoms with Gasteiger partial charge in [0.25, 0.3) is 5.91 Å². The molecule has 2 atom stereocenters. The van der Waals surface area contributed by atoms with E-state index >= 15 is 0 Å². The molecule has 1 amide bonds. The Morgan fingerprint density at radius 2 is 2.19 bits per heavy atom. The zero-order chi connectivity index (χ0) is 15.4. The average molecular weight is 309 g/mol. The number of aryl methyl sites for hydroxylation is 1. The van der Waals surface area contributed by atoms with E-state index < -0.39 is 12.1 Å². The maximum Gasteiger partial charge on any atom is 0.332 e. The number of carboxylic acids is 1. The molecule has 1 saturated heterocycles. The van der Waals surface area contributed by atoms with Crippen molar-refractivity contribution in [1.29, 1.82) is 0 Å². The van der Waals surface area contributed by atoms with Gasteiger partial charge in [0.05, 0.1) is 6.10 Å². The fourth-order valence-corrected chi connectivity index (χ4v) is 2.75. The zero-order valence-corrected chi connectivity index (χ0v) is 12.9. The maximum atomic E-state index is 12.2. The van der Waals surface area contributed by atoms with Crippen LogP contribution in [0.1, 0.15) is 28.8 Å². The normalized spacial score (nSPS) is 21.2. The predicted molar refractivity (Wildman–Crippen MR) is 80.8 cm³/mol. The lowest BCUT2D eigenvalue weighted by atomic mass is 10.1. The SMILES string of the molecule is CSc1ccc(C)c(C(=O)NCC2CCC(C(=O)O)O2)c1. The van der Waals surface area contributed by atoms with Crippen molar-refractivity contribution in [2.24, 2.45) is 0 Å². The van der Waals surface area contributed by atoms with Gasteiger partial charge in [-0.1, -0.05) is 6.07 Å². The topological polar surface area (TPSA) is 75.6 Å². The van der Waals surface area contributed by atoms with Crippen LogP contribution in [0.25, 0.3) is 0 Å². The van der Waals surface area contributed by atoms with Crippen molar-refractivity contribution in [3.8, 4) is 0 Å². The summed E-state index contributed by atoms with van der Waals surface area (Å²) in [4.78, 5) is 24.1. The van der Waals surface area contributed by atoms with Gasteiger partial charge in [-0.2, -0.15) is 0 Å². The molecular weight excluding hydrogens is 290 g/mol. The molecule has 2 N–H and O–H groups in total. The van der Waals surface area contributed by atoms with Crippen molar-refractivity contribution in [3.63, 3.8) is 0 Å². The van der Waals surface area contributed by atoms with Crippen LogP contribution in [0.4, 0.5) is 0 Å². The first-order valence-electron chi connectivity index (χ1n) is 6.82. The first-order valence-corrected chi connectivity index (χ1v) is 8.05. The Balaban J connectivity index is 1.92. The average Bonchev–Trinajstić information content (AvgIpc) is 2.94. The smallest absolute Gasteiger partial charge is 0.332 e. The first kappa shape index (κ1) is 15.9. The van der Waals surface area contributed by atoms with E-state index in [0.29, 0.717) is 24.9 Å². The van der Waals surface area contributed by atoms with Gasteiger partial charge in [-0.05, 0) is 43.7 Å². The van der Waals surface area contributed by atoms with E-state index in [1.54, 1.807) is 11.8 Å². The number of carbonyl (C=O) groups excluding carboxylic acids is 1. The lowest BCUT2D eigenvalue weighted by Gasteiger charge is -2.13. The molecule has 5 nitrogen and oxygen atoms in total. The third-order valence-corrected chi connectivity index (χ3v) is 4.29. The van der Waals surface area contributed by atoms with Crippen LogP contribution in [-0.4, -0.2) is 42.0 Å². The molecule has 114 valence electrons. The molecule has 1 aliphatic heterocycles. The Morgan fingerprint density at radius 1 is 1.43 bits per heavy atom. The highest BCUT2D eigenvalue weighted by molar-refractivity contribution is 7.98. The van der Waals surface area contributed by atoms with E-state index in [0.717, 1.165) is 10.5 Å². The molecule has 1 heterocycles. The maximum absolute atomic E-state index is 12.2. The summed E-state index contributed by atoms with van der Waals surface area (Å²) < 4.78 is 5.37. The van der Waals surface area contributed by atoms with Crippen molar-refractivity contribution in [2.75, 3.05) is 12.8 Å². The highest BCUT2D eigenvalue weighted by Gasteiger charge is 2.30. The Hall–Kier alpha value is -1.53. The number of rotatable bonds is 5. The molecule has 0 radical (unpaired) electrons. The first-order chi connectivity index (χ1) is 10.0. The van der Waals surface area contributed by atoms with Gasteiger partial charge in [-0.15, -0.1) is 11.8 Å². The second kappa shape index (κ2) is 6.95. The van der Waals surface area contributed by atoms with Gasteiger partial charge in [-0.3, -0.25) is 4.79 Å². The predicted octanol–water partition coefficient (Wildman–Crippen LogP) is 2.08. The number of amides is 1. The summed E-state index contributed by atoms with van der Waals surface area (Å²) in [6, 6.07) is 5.77. The number of ether oxygens (including phenoxy) is 1.